The molecule has 0 saturated carbocycles. The summed E-state index contributed by atoms with van der Waals surface area (Å²) >= 11 is 0. The Morgan fingerprint density at radius 1 is 1.24 bits per heavy atom. The van der Waals surface area contributed by atoms with Gasteiger partial charge in [-0.05, 0) is 50.9 Å². The fraction of sp³-hybridized carbons (Fsp3) is 0.471. The Kier molecular flexibility index (Phi) is 4.06. The highest BCUT2D eigenvalue weighted by Gasteiger charge is 2.25. The standard InChI is InChI=1S/C17H21FN2O/c1-12-16(13(2)21-19-12)11-20-10-4-3-5-17(20)14-6-8-15(18)9-7-14/h6-9,17H,3-5,10-11H2,1-2H3/t17-/m1/s1. The summed E-state index contributed by atoms with van der Waals surface area (Å²) in [7, 11) is 0. The van der Waals surface area contributed by atoms with E-state index in [2.05, 4.69) is 10.1 Å². The molecule has 0 bridgehead atoms. The van der Waals surface area contributed by atoms with Crippen LogP contribution in [0.2, 0.25) is 0 Å². The molecule has 4 heteroatoms. The van der Waals surface area contributed by atoms with Gasteiger partial charge in [0.25, 0.3) is 0 Å². The van der Waals surface area contributed by atoms with Gasteiger partial charge in [-0.2, -0.15) is 0 Å². The Morgan fingerprint density at radius 3 is 2.67 bits per heavy atom. The van der Waals surface area contributed by atoms with Crippen LogP contribution in [0.4, 0.5) is 4.39 Å². The number of likely N-dealkylation sites (tertiary alicyclic amines) is 1. The fourth-order valence-electron chi connectivity index (χ4n) is 3.17. The largest absolute Gasteiger partial charge is 0.361 e. The molecule has 21 heavy (non-hydrogen) atoms. The maximum atomic E-state index is 13.1. The zero-order valence-corrected chi connectivity index (χ0v) is 12.6. The van der Waals surface area contributed by atoms with Crippen molar-refractivity contribution >= 4 is 0 Å². The van der Waals surface area contributed by atoms with Crippen LogP contribution in [0.25, 0.3) is 0 Å². The van der Waals surface area contributed by atoms with E-state index in [4.69, 9.17) is 4.52 Å². The fourth-order valence-corrected chi connectivity index (χ4v) is 3.17. The van der Waals surface area contributed by atoms with E-state index in [1.165, 1.54) is 24.0 Å². The molecule has 3 rings (SSSR count). The smallest absolute Gasteiger partial charge is 0.138 e. The van der Waals surface area contributed by atoms with E-state index in [9.17, 15) is 4.39 Å². The van der Waals surface area contributed by atoms with Crippen molar-refractivity contribution in [1.29, 1.82) is 0 Å². The molecule has 0 radical (unpaired) electrons. The molecule has 0 aliphatic carbocycles. The van der Waals surface area contributed by atoms with Crippen molar-refractivity contribution in [3.05, 3.63) is 52.7 Å². The van der Waals surface area contributed by atoms with Crippen molar-refractivity contribution < 1.29 is 8.91 Å². The topological polar surface area (TPSA) is 29.3 Å². The van der Waals surface area contributed by atoms with Gasteiger partial charge in [-0.3, -0.25) is 4.90 Å². The highest BCUT2D eigenvalue weighted by molar-refractivity contribution is 5.23. The van der Waals surface area contributed by atoms with Gasteiger partial charge >= 0.3 is 0 Å². The monoisotopic (exact) mass is 288 g/mol. The van der Waals surface area contributed by atoms with Gasteiger partial charge < -0.3 is 4.52 Å². The molecule has 1 aromatic heterocycles. The number of hydrogen-bond donors (Lipinski definition) is 0. The Morgan fingerprint density at radius 2 is 2.00 bits per heavy atom. The van der Waals surface area contributed by atoms with Crippen molar-refractivity contribution in [3.63, 3.8) is 0 Å². The number of rotatable bonds is 3. The van der Waals surface area contributed by atoms with Crippen LogP contribution >= 0.6 is 0 Å². The molecule has 0 N–H and O–H groups in total. The summed E-state index contributed by atoms with van der Waals surface area (Å²) in [6.07, 6.45) is 3.55. The number of hydrogen-bond acceptors (Lipinski definition) is 3. The van der Waals surface area contributed by atoms with Gasteiger partial charge in [-0.25, -0.2) is 4.39 Å². The SMILES string of the molecule is Cc1noc(C)c1CN1CCCC[C@@H]1c1ccc(F)cc1. The van der Waals surface area contributed by atoms with E-state index < -0.39 is 0 Å². The van der Waals surface area contributed by atoms with Crippen molar-refractivity contribution in [3.8, 4) is 0 Å². The second-order valence-electron chi connectivity index (χ2n) is 5.84. The average molecular weight is 288 g/mol. The summed E-state index contributed by atoms with van der Waals surface area (Å²) in [6.45, 7) is 5.87. The first kappa shape index (κ1) is 14.3. The second kappa shape index (κ2) is 5.98. The Balaban J connectivity index is 1.83. The minimum absolute atomic E-state index is 0.174. The first-order chi connectivity index (χ1) is 10.1. The molecular formula is C17H21FN2O. The zero-order valence-electron chi connectivity index (χ0n) is 12.6. The van der Waals surface area contributed by atoms with Crippen molar-refractivity contribution in [2.75, 3.05) is 6.54 Å². The molecule has 3 nitrogen and oxygen atoms in total. The van der Waals surface area contributed by atoms with Gasteiger partial charge in [0.15, 0.2) is 0 Å². The third-order valence-electron chi connectivity index (χ3n) is 4.41. The Bertz CT molecular complexity index is 586. The third-order valence-corrected chi connectivity index (χ3v) is 4.41. The number of piperidine rings is 1. The summed E-state index contributed by atoms with van der Waals surface area (Å²) in [5, 5.41) is 4.04. The molecule has 0 spiro atoms. The molecule has 1 fully saturated rings. The molecule has 1 atom stereocenters. The maximum Gasteiger partial charge on any atom is 0.138 e. The Labute approximate surface area is 124 Å². The van der Waals surface area contributed by atoms with Gasteiger partial charge in [0.2, 0.25) is 0 Å². The van der Waals surface area contributed by atoms with Gasteiger partial charge in [0, 0.05) is 18.2 Å². The van der Waals surface area contributed by atoms with Gasteiger partial charge in [-0.15, -0.1) is 0 Å². The molecule has 1 saturated heterocycles. The molecular weight excluding hydrogens is 267 g/mol. The molecule has 1 aliphatic rings. The molecule has 0 amide bonds. The number of nitrogens with zero attached hydrogens (tertiary/aromatic N) is 2. The van der Waals surface area contributed by atoms with Crippen LogP contribution in [-0.4, -0.2) is 16.6 Å². The lowest BCUT2D eigenvalue weighted by atomic mass is 9.94. The zero-order chi connectivity index (χ0) is 14.8. The van der Waals surface area contributed by atoms with Crippen LogP contribution in [0.1, 0.15) is 47.9 Å². The van der Waals surface area contributed by atoms with Crippen molar-refractivity contribution in [2.24, 2.45) is 0 Å². The molecule has 1 aromatic carbocycles. The molecule has 112 valence electrons. The Hall–Kier alpha value is -1.68. The van der Waals surface area contributed by atoms with Crippen LogP contribution in [0, 0.1) is 19.7 Å². The first-order valence-corrected chi connectivity index (χ1v) is 7.56. The second-order valence-corrected chi connectivity index (χ2v) is 5.84. The van der Waals surface area contributed by atoms with Gasteiger partial charge in [0.1, 0.15) is 11.6 Å². The number of aryl methyl sites for hydroxylation is 2. The van der Waals surface area contributed by atoms with E-state index in [0.717, 1.165) is 31.0 Å². The van der Waals surface area contributed by atoms with E-state index in [1.807, 2.05) is 26.0 Å². The van der Waals surface area contributed by atoms with Crippen molar-refractivity contribution in [1.82, 2.24) is 10.1 Å². The lowest BCUT2D eigenvalue weighted by molar-refractivity contribution is 0.139. The molecule has 2 heterocycles. The van der Waals surface area contributed by atoms with E-state index in [-0.39, 0.29) is 5.82 Å². The highest BCUT2D eigenvalue weighted by atomic mass is 19.1. The minimum Gasteiger partial charge on any atom is -0.361 e. The maximum absolute atomic E-state index is 13.1. The lowest BCUT2D eigenvalue weighted by Gasteiger charge is -2.36. The number of aromatic nitrogens is 1. The number of benzene rings is 1. The predicted octanol–water partition coefficient (Wildman–Crippen LogP) is 4.16. The summed E-state index contributed by atoms with van der Waals surface area (Å²) in [5.74, 6) is 0.725. The van der Waals surface area contributed by atoms with Crippen LogP contribution in [0.5, 0.6) is 0 Å². The van der Waals surface area contributed by atoms with Crippen LogP contribution in [0.15, 0.2) is 28.8 Å². The summed E-state index contributed by atoms with van der Waals surface area (Å²) in [5.41, 5.74) is 3.35. The minimum atomic E-state index is -0.174. The summed E-state index contributed by atoms with van der Waals surface area (Å²) < 4.78 is 18.4. The number of halogens is 1. The molecule has 2 aromatic rings. The van der Waals surface area contributed by atoms with Crippen molar-refractivity contribution in [2.45, 2.75) is 45.7 Å². The molecule has 0 unspecified atom stereocenters. The van der Waals surface area contributed by atoms with Gasteiger partial charge in [0.05, 0.1) is 5.69 Å². The molecule has 1 aliphatic heterocycles. The van der Waals surface area contributed by atoms with E-state index in [0.29, 0.717) is 6.04 Å². The average Bonchev–Trinajstić information content (AvgIpc) is 2.81. The predicted molar refractivity (Wildman–Crippen MR) is 79.4 cm³/mol. The van der Waals surface area contributed by atoms with Crippen LogP contribution < -0.4 is 0 Å². The van der Waals surface area contributed by atoms with E-state index >= 15 is 0 Å². The van der Waals surface area contributed by atoms with Crippen LogP contribution in [-0.2, 0) is 6.54 Å². The quantitative estimate of drug-likeness (QED) is 0.849. The normalized spacial score (nSPS) is 19.9. The summed E-state index contributed by atoms with van der Waals surface area (Å²) in [6, 6.07) is 7.28. The first-order valence-electron chi connectivity index (χ1n) is 7.56. The third kappa shape index (κ3) is 3.00. The lowest BCUT2D eigenvalue weighted by Crippen LogP contribution is -2.33. The van der Waals surface area contributed by atoms with E-state index in [1.54, 1.807) is 12.1 Å². The highest BCUT2D eigenvalue weighted by Crippen LogP contribution is 2.33. The van der Waals surface area contributed by atoms with Crippen LogP contribution in [0.3, 0.4) is 0 Å². The van der Waals surface area contributed by atoms with Gasteiger partial charge in [-0.1, -0.05) is 23.7 Å². The summed E-state index contributed by atoms with van der Waals surface area (Å²) in [4.78, 5) is 2.46.